The van der Waals surface area contributed by atoms with Gasteiger partial charge in [0.1, 0.15) is 5.60 Å². The molecule has 1 amide bonds. The number of methoxy groups -OCH3 is 1. The van der Waals surface area contributed by atoms with E-state index in [0.29, 0.717) is 18.8 Å². The van der Waals surface area contributed by atoms with Gasteiger partial charge in [0.05, 0.1) is 7.11 Å². The molecule has 0 aliphatic rings. The lowest BCUT2D eigenvalue weighted by Gasteiger charge is -2.24. The van der Waals surface area contributed by atoms with E-state index < -0.39 is 11.7 Å². The molecule has 0 heterocycles. The molecule has 0 aliphatic heterocycles. The summed E-state index contributed by atoms with van der Waals surface area (Å²) in [5.41, 5.74) is -0.519. The summed E-state index contributed by atoms with van der Waals surface area (Å²) < 4.78 is 9.82. The summed E-state index contributed by atoms with van der Waals surface area (Å²) in [4.78, 5) is 22.9. The molecule has 0 saturated heterocycles. The molecule has 5 nitrogen and oxygen atoms in total. The summed E-state index contributed by atoms with van der Waals surface area (Å²) in [6.07, 6.45) is 1.22. The first kappa shape index (κ1) is 17.7. The van der Waals surface area contributed by atoms with Crippen molar-refractivity contribution in [1.29, 1.82) is 0 Å². The predicted octanol–water partition coefficient (Wildman–Crippen LogP) is 2.88. The Kier molecular flexibility index (Phi) is 7.49. The molecule has 112 valence electrons. The first-order chi connectivity index (χ1) is 8.64. The van der Waals surface area contributed by atoms with Crippen molar-refractivity contribution in [3.05, 3.63) is 0 Å². The Morgan fingerprint density at radius 3 is 2.21 bits per heavy atom. The van der Waals surface area contributed by atoms with Crippen LogP contribution in [0.4, 0.5) is 4.79 Å². The summed E-state index contributed by atoms with van der Waals surface area (Å²) in [7, 11) is 1.36. The summed E-state index contributed by atoms with van der Waals surface area (Å²) in [6.45, 7) is 9.60. The third kappa shape index (κ3) is 10.4. The average molecular weight is 273 g/mol. The maximum Gasteiger partial charge on any atom is 0.407 e. The second-order valence-corrected chi connectivity index (χ2v) is 6.09. The van der Waals surface area contributed by atoms with Crippen LogP contribution in [0.5, 0.6) is 0 Å². The molecular formula is C14H27NO4. The molecule has 1 N–H and O–H groups in total. The monoisotopic (exact) mass is 273 g/mol. The van der Waals surface area contributed by atoms with E-state index in [4.69, 9.17) is 4.74 Å². The lowest BCUT2D eigenvalue weighted by molar-refractivity contribution is -0.140. The predicted molar refractivity (Wildman–Crippen MR) is 73.9 cm³/mol. The highest BCUT2D eigenvalue weighted by molar-refractivity contribution is 5.70. The lowest BCUT2D eigenvalue weighted by atomic mass is 10.00. The molecule has 0 aromatic carbocycles. The molecule has 0 unspecified atom stereocenters. The van der Waals surface area contributed by atoms with E-state index in [1.165, 1.54) is 7.11 Å². The molecular weight excluding hydrogens is 246 g/mol. The van der Waals surface area contributed by atoms with Gasteiger partial charge in [0.25, 0.3) is 0 Å². The molecule has 0 bridgehead atoms. The van der Waals surface area contributed by atoms with E-state index in [1.54, 1.807) is 0 Å². The van der Waals surface area contributed by atoms with Gasteiger partial charge in [0.15, 0.2) is 0 Å². The van der Waals surface area contributed by atoms with Crippen LogP contribution in [0.1, 0.15) is 53.9 Å². The van der Waals surface area contributed by atoms with Crippen molar-refractivity contribution in [2.75, 3.05) is 7.11 Å². The quantitative estimate of drug-likeness (QED) is 0.756. The Labute approximate surface area is 116 Å². The first-order valence-electron chi connectivity index (χ1n) is 6.70. The van der Waals surface area contributed by atoms with E-state index in [2.05, 4.69) is 23.9 Å². The van der Waals surface area contributed by atoms with Crippen molar-refractivity contribution in [2.45, 2.75) is 65.5 Å². The van der Waals surface area contributed by atoms with Gasteiger partial charge >= 0.3 is 12.1 Å². The lowest BCUT2D eigenvalue weighted by Crippen LogP contribution is -2.40. The molecule has 0 saturated carbocycles. The second kappa shape index (κ2) is 8.02. The summed E-state index contributed by atoms with van der Waals surface area (Å²) in [6, 6.07) is -0.0750. The fourth-order valence-corrected chi connectivity index (χ4v) is 1.69. The van der Waals surface area contributed by atoms with Crippen LogP contribution >= 0.6 is 0 Å². The van der Waals surface area contributed by atoms with Crippen LogP contribution in [0, 0.1) is 5.92 Å². The highest BCUT2D eigenvalue weighted by Crippen LogP contribution is 2.12. The fourth-order valence-electron chi connectivity index (χ4n) is 1.69. The van der Waals surface area contributed by atoms with Crippen molar-refractivity contribution < 1.29 is 19.1 Å². The third-order valence-electron chi connectivity index (χ3n) is 2.40. The van der Waals surface area contributed by atoms with Crippen LogP contribution < -0.4 is 5.32 Å². The second-order valence-electron chi connectivity index (χ2n) is 6.09. The number of nitrogens with one attached hydrogen (secondary N) is 1. The number of ether oxygens (including phenoxy) is 2. The van der Waals surface area contributed by atoms with Crippen molar-refractivity contribution >= 4 is 12.1 Å². The van der Waals surface area contributed by atoms with Gasteiger partial charge in [-0.1, -0.05) is 13.8 Å². The van der Waals surface area contributed by atoms with Crippen LogP contribution in [-0.2, 0) is 14.3 Å². The maximum atomic E-state index is 11.7. The van der Waals surface area contributed by atoms with Crippen LogP contribution in [0.15, 0.2) is 0 Å². The zero-order chi connectivity index (χ0) is 15.1. The summed E-state index contributed by atoms with van der Waals surface area (Å²) >= 11 is 0. The highest BCUT2D eigenvalue weighted by Gasteiger charge is 2.20. The Balaban J connectivity index is 4.34. The van der Waals surface area contributed by atoms with Crippen molar-refractivity contribution in [1.82, 2.24) is 5.32 Å². The number of rotatable bonds is 6. The smallest absolute Gasteiger partial charge is 0.407 e. The van der Waals surface area contributed by atoms with Gasteiger partial charge in [-0.25, -0.2) is 4.79 Å². The van der Waals surface area contributed by atoms with Gasteiger partial charge in [-0.15, -0.1) is 0 Å². The number of amides is 1. The first-order valence-corrected chi connectivity index (χ1v) is 6.70. The minimum absolute atomic E-state index is 0.0750. The van der Waals surface area contributed by atoms with Gasteiger partial charge in [-0.3, -0.25) is 4.79 Å². The summed E-state index contributed by atoms with van der Waals surface area (Å²) in [5.74, 6) is 0.164. The fraction of sp³-hybridized carbons (Fsp3) is 0.857. The van der Waals surface area contributed by atoms with Gasteiger partial charge in [0, 0.05) is 12.5 Å². The van der Waals surface area contributed by atoms with E-state index >= 15 is 0 Å². The number of carbonyl (C=O) groups excluding carboxylic acids is 2. The average Bonchev–Trinajstić information content (AvgIpc) is 2.21. The van der Waals surface area contributed by atoms with E-state index in [9.17, 15) is 9.59 Å². The number of hydrogen-bond acceptors (Lipinski definition) is 4. The minimum atomic E-state index is -0.519. The van der Waals surface area contributed by atoms with E-state index in [1.807, 2.05) is 20.8 Å². The van der Waals surface area contributed by atoms with Crippen LogP contribution in [0.3, 0.4) is 0 Å². The molecule has 0 aliphatic carbocycles. The topological polar surface area (TPSA) is 64.6 Å². The maximum absolute atomic E-state index is 11.7. The molecule has 19 heavy (non-hydrogen) atoms. The number of alkyl carbamates (subject to hydrolysis) is 1. The van der Waals surface area contributed by atoms with Crippen LogP contribution in [-0.4, -0.2) is 30.8 Å². The zero-order valence-electron chi connectivity index (χ0n) is 12.9. The van der Waals surface area contributed by atoms with E-state index in [0.717, 1.165) is 6.42 Å². The van der Waals surface area contributed by atoms with Crippen molar-refractivity contribution in [3.63, 3.8) is 0 Å². The molecule has 0 fully saturated rings. The zero-order valence-corrected chi connectivity index (χ0v) is 12.9. The molecule has 0 radical (unpaired) electrons. The highest BCUT2D eigenvalue weighted by atomic mass is 16.6. The molecule has 0 aromatic heterocycles. The molecule has 0 spiro atoms. The molecule has 1 atom stereocenters. The molecule has 0 aromatic rings. The molecule has 5 heteroatoms. The van der Waals surface area contributed by atoms with Gasteiger partial charge in [-0.2, -0.15) is 0 Å². The normalized spacial score (nSPS) is 13.0. The number of esters is 1. The van der Waals surface area contributed by atoms with Crippen LogP contribution in [0.25, 0.3) is 0 Å². The van der Waals surface area contributed by atoms with Gasteiger partial charge in [0.2, 0.25) is 0 Å². The number of carbonyl (C=O) groups is 2. The SMILES string of the molecule is COC(=O)CC[C@@H](CC(C)C)NC(=O)OC(C)(C)C. The van der Waals surface area contributed by atoms with Crippen molar-refractivity contribution in [3.8, 4) is 0 Å². The molecule has 0 rings (SSSR count). The third-order valence-corrected chi connectivity index (χ3v) is 2.40. The van der Waals surface area contributed by atoms with Gasteiger partial charge < -0.3 is 14.8 Å². The van der Waals surface area contributed by atoms with Crippen molar-refractivity contribution in [2.24, 2.45) is 5.92 Å². The standard InChI is InChI=1S/C14H27NO4/c1-10(2)9-11(7-8-12(16)18-6)15-13(17)19-14(3,4)5/h10-11H,7-9H2,1-6H3,(H,15,17)/t11-/m0/s1. The minimum Gasteiger partial charge on any atom is -0.469 e. The Morgan fingerprint density at radius 2 is 1.79 bits per heavy atom. The Morgan fingerprint density at radius 1 is 1.21 bits per heavy atom. The largest absolute Gasteiger partial charge is 0.469 e. The number of hydrogen-bond donors (Lipinski definition) is 1. The van der Waals surface area contributed by atoms with Crippen LogP contribution in [0.2, 0.25) is 0 Å². The van der Waals surface area contributed by atoms with E-state index in [-0.39, 0.29) is 12.0 Å². The summed E-state index contributed by atoms with van der Waals surface area (Å²) in [5, 5.41) is 2.82. The Hall–Kier alpha value is -1.26. The Bertz CT molecular complexity index is 294. The van der Waals surface area contributed by atoms with Gasteiger partial charge in [-0.05, 0) is 39.5 Å².